The number of anilines is 1. The molecule has 0 radical (unpaired) electrons. The summed E-state index contributed by atoms with van der Waals surface area (Å²) in [4.78, 5) is 25.5. The summed E-state index contributed by atoms with van der Waals surface area (Å²) >= 11 is 11.3. The van der Waals surface area contributed by atoms with Gasteiger partial charge in [0, 0.05) is 11.8 Å². The van der Waals surface area contributed by atoms with E-state index in [1.807, 2.05) is 0 Å². The van der Waals surface area contributed by atoms with Crippen LogP contribution in [0.15, 0.2) is 36.4 Å². The van der Waals surface area contributed by atoms with Gasteiger partial charge in [-0.05, 0) is 43.2 Å². The number of ether oxygens (including phenoxy) is 1. The van der Waals surface area contributed by atoms with Gasteiger partial charge in [-0.3, -0.25) is 9.59 Å². The van der Waals surface area contributed by atoms with Gasteiger partial charge in [-0.2, -0.15) is 0 Å². The van der Waals surface area contributed by atoms with E-state index in [9.17, 15) is 18.4 Å². The van der Waals surface area contributed by atoms with Gasteiger partial charge in [-0.1, -0.05) is 42.5 Å². The molecule has 0 bridgehead atoms. The molecule has 2 aromatic rings. The van der Waals surface area contributed by atoms with E-state index in [0.29, 0.717) is 12.8 Å². The van der Waals surface area contributed by atoms with Gasteiger partial charge in [0.25, 0.3) is 5.91 Å². The van der Waals surface area contributed by atoms with E-state index in [2.05, 4.69) is 10.6 Å². The highest BCUT2D eigenvalue weighted by atomic mass is 35.5. The molecule has 2 N–H and O–H groups in total. The molecule has 1 aliphatic carbocycles. The molecule has 160 valence electrons. The summed E-state index contributed by atoms with van der Waals surface area (Å²) in [5, 5.41) is 5.31. The van der Waals surface area contributed by atoms with Crippen LogP contribution >= 0.6 is 23.2 Å². The van der Waals surface area contributed by atoms with Crippen LogP contribution in [0, 0.1) is 11.6 Å². The first-order valence-corrected chi connectivity index (χ1v) is 10.2. The number of benzene rings is 2. The summed E-state index contributed by atoms with van der Waals surface area (Å²) in [5.41, 5.74) is -0.894. The molecule has 0 spiro atoms. The molecule has 0 aliphatic heterocycles. The molecule has 2 amide bonds. The Labute approximate surface area is 182 Å². The molecule has 0 aromatic heterocycles. The maximum Gasteiger partial charge on any atom is 0.258 e. The Kier molecular flexibility index (Phi) is 7.15. The van der Waals surface area contributed by atoms with Crippen molar-refractivity contribution in [2.24, 2.45) is 0 Å². The minimum atomic E-state index is -1.14. The molecular weight excluding hydrogens is 437 g/mol. The van der Waals surface area contributed by atoms with Gasteiger partial charge in [-0.15, -0.1) is 0 Å². The van der Waals surface area contributed by atoms with E-state index in [0.717, 1.165) is 31.4 Å². The second kappa shape index (κ2) is 9.62. The third-order valence-corrected chi connectivity index (χ3v) is 5.57. The number of nitrogens with one attached hydrogen (secondary N) is 2. The second-order valence-corrected chi connectivity index (χ2v) is 7.95. The van der Waals surface area contributed by atoms with Crippen LogP contribution < -0.4 is 15.4 Å². The van der Waals surface area contributed by atoms with Crippen LogP contribution in [0.25, 0.3) is 0 Å². The Balaban J connectivity index is 1.67. The molecule has 30 heavy (non-hydrogen) atoms. The van der Waals surface area contributed by atoms with Crippen molar-refractivity contribution in [2.45, 2.75) is 37.6 Å². The fourth-order valence-electron chi connectivity index (χ4n) is 3.41. The highest BCUT2D eigenvalue weighted by molar-refractivity contribution is 6.31. The molecule has 0 saturated heterocycles. The van der Waals surface area contributed by atoms with Crippen LogP contribution in [0.2, 0.25) is 10.0 Å². The van der Waals surface area contributed by atoms with Gasteiger partial charge < -0.3 is 15.4 Å². The summed E-state index contributed by atoms with van der Waals surface area (Å²) in [7, 11) is 0. The molecule has 0 atom stereocenters. The van der Waals surface area contributed by atoms with Crippen LogP contribution in [0.5, 0.6) is 5.75 Å². The monoisotopic (exact) mass is 456 g/mol. The van der Waals surface area contributed by atoms with Gasteiger partial charge in [-0.25, -0.2) is 8.78 Å². The Morgan fingerprint density at radius 2 is 1.60 bits per heavy atom. The van der Waals surface area contributed by atoms with E-state index in [1.54, 1.807) is 0 Å². The quantitative estimate of drug-likeness (QED) is 0.634. The minimum absolute atomic E-state index is 0.0514. The number of amides is 2. The summed E-state index contributed by atoms with van der Waals surface area (Å²) in [5.74, 6) is -2.13. The second-order valence-electron chi connectivity index (χ2n) is 7.14. The van der Waals surface area contributed by atoms with Crippen molar-refractivity contribution in [1.82, 2.24) is 5.32 Å². The average Bonchev–Trinajstić information content (AvgIpc) is 2.72. The average molecular weight is 457 g/mol. The predicted octanol–water partition coefficient (Wildman–Crippen LogP) is 5.11. The van der Waals surface area contributed by atoms with E-state index in [4.69, 9.17) is 27.9 Å². The molecular formula is C21H20Cl2F2N2O3. The van der Waals surface area contributed by atoms with E-state index in [-0.39, 0.29) is 21.5 Å². The molecule has 1 saturated carbocycles. The van der Waals surface area contributed by atoms with Crippen LogP contribution in [0.3, 0.4) is 0 Å². The van der Waals surface area contributed by atoms with Gasteiger partial charge >= 0.3 is 0 Å². The van der Waals surface area contributed by atoms with Crippen molar-refractivity contribution < 1.29 is 23.1 Å². The van der Waals surface area contributed by atoms with Crippen molar-refractivity contribution in [1.29, 1.82) is 0 Å². The summed E-state index contributed by atoms with van der Waals surface area (Å²) in [6.45, 7) is -0.397. The molecule has 3 rings (SSSR count). The number of hydrogen-bond donors (Lipinski definition) is 2. The third-order valence-electron chi connectivity index (χ3n) is 4.96. The first-order chi connectivity index (χ1) is 14.3. The SMILES string of the molecule is O=C(COc1ccc(Cl)c(F)c1)NC1(C(=O)Nc2ccc(Cl)c(F)c2)CCCCC1. The maximum atomic E-state index is 13.7. The molecule has 1 fully saturated rings. The van der Waals surface area contributed by atoms with Crippen molar-refractivity contribution in [2.75, 3.05) is 11.9 Å². The van der Waals surface area contributed by atoms with Crippen LogP contribution in [0.1, 0.15) is 32.1 Å². The van der Waals surface area contributed by atoms with E-state index in [1.165, 1.54) is 24.3 Å². The van der Waals surface area contributed by atoms with Gasteiger partial charge in [0.15, 0.2) is 6.61 Å². The van der Waals surface area contributed by atoms with E-state index < -0.39 is 35.6 Å². The molecule has 0 heterocycles. The summed E-state index contributed by atoms with van der Waals surface area (Å²) in [6, 6.07) is 7.80. The Morgan fingerprint density at radius 3 is 2.23 bits per heavy atom. The topological polar surface area (TPSA) is 67.4 Å². The van der Waals surface area contributed by atoms with Crippen LogP contribution in [-0.2, 0) is 9.59 Å². The predicted molar refractivity (Wildman–Crippen MR) is 111 cm³/mol. The Hall–Kier alpha value is -2.38. The van der Waals surface area contributed by atoms with Gasteiger partial charge in [0.2, 0.25) is 5.91 Å². The van der Waals surface area contributed by atoms with Gasteiger partial charge in [0.05, 0.1) is 10.0 Å². The number of halogens is 4. The van der Waals surface area contributed by atoms with Crippen molar-refractivity contribution in [3.05, 3.63) is 58.1 Å². The first kappa shape index (κ1) is 22.3. The summed E-state index contributed by atoms with van der Waals surface area (Å²) in [6.07, 6.45) is 3.34. The highest BCUT2D eigenvalue weighted by Gasteiger charge is 2.41. The van der Waals surface area contributed by atoms with Crippen molar-refractivity contribution in [3.63, 3.8) is 0 Å². The lowest BCUT2D eigenvalue weighted by Crippen LogP contribution is -2.58. The largest absolute Gasteiger partial charge is 0.484 e. The Bertz CT molecular complexity index is 950. The minimum Gasteiger partial charge on any atom is -0.484 e. The normalized spacial score (nSPS) is 15.3. The van der Waals surface area contributed by atoms with Gasteiger partial charge in [0.1, 0.15) is 22.9 Å². The van der Waals surface area contributed by atoms with Crippen LogP contribution in [0.4, 0.5) is 14.5 Å². The lowest BCUT2D eigenvalue weighted by molar-refractivity contribution is -0.132. The zero-order valence-electron chi connectivity index (χ0n) is 15.9. The van der Waals surface area contributed by atoms with Crippen LogP contribution in [-0.4, -0.2) is 24.0 Å². The zero-order chi connectivity index (χ0) is 21.7. The number of rotatable bonds is 6. The Morgan fingerprint density at radius 1 is 0.967 bits per heavy atom. The fourth-order valence-corrected chi connectivity index (χ4v) is 3.64. The molecule has 2 aromatic carbocycles. The zero-order valence-corrected chi connectivity index (χ0v) is 17.5. The smallest absolute Gasteiger partial charge is 0.258 e. The molecule has 1 aliphatic rings. The summed E-state index contributed by atoms with van der Waals surface area (Å²) < 4.78 is 32.5. The molecule has 9 heteroatoms. The van der Waals surface area contributed by atoms with Crippen molar-refractivity contribution in [3.8, 4) is 5.75 Å². The molecule has 0 unspecified atom stereocenters. The molecule has 5 nitrogen and oxygen atoms in total. The highest BCUT2D eigenvalue weighted by Crippen LogP contribution is 2.30. The standard InChI is InChI=1S/C21H20Cl2F2N2O3/c22-15-6-4-13(10-17(15)24)26-20(29)21(8-2-1-3-9-21)27-19(28)12-30-14-5-7-16(23)18(25)11-14/h4-7,10-11H,1-3,8-9,12H2,(H,26,29)(H,27,28). The lowest BCUT2D eigenvalue weighted by Gasteiger charge is -2.36. The van der Waals surface area contributed by atoms with E-state index >= 15 is 0 Å². The third kappa shape index (κ3) is 5.40. The maximum absolute atomic E-state index is 13.7. The first-order valence-electron chi connectivity index (χ1n) is 9.44. The fraction of sp³-hybridized carbons (Fsp3) is 0.333. The number of carbonyl (C=O) groups excluding carboxylic acids is 2. The number of carbonyl (C=O) groups is 2. The lowest BCUT2D eigenvalue weighted by atomic mass is 9.80. The van der Waals surface area contributed by atoms with Crippen molar-refractivity contribution >= 4 is 40.7 Å². The number of hydrogen-bond acceptors (Lipinski definition) is 3.